The molecule has 1 saturated heterocycles. The minimum absolute atomic E-state index is 0.120. The normalized spacial score (nSPS) is 16.0. The van der Waals surface area contributed by atoms with Gasteiger partial charge in [0.25, 0.3) is 0 Å². The number of rotatable bonds is 5. The van der Waals surface area contributed by atoms with Crippen LogP contribution in [-0.4, -0.2) is 43.8 Å². The third-order valence-corrected chi connectivity index (χ3v) is 8.28. The smallest absolute Gasteiger partial charge is 0.243 e. The molecule has 0 bridgehead atoms. The molecule has 0 saturated carbocycles. The van der Waals surface area contributed by atoms with Gasteiger partial charge < -0.3 is 0 Å². The number of nitrogens with zero attached hydrogens (tertiary/aromatic N) is 2. The van der Waals surface area contributed by atoms with Crippen LogP contribution in [0.1, 0.15) is 33.9 Å². The second-order valence-electron chi connectivity index (χ2n) is 8.39. The molecule has 0 atom stereocenters. The molecule has 0 N–H and O–H groups in total. The van der Waals surface area contributed by atoms with E-state index in [2.05, 4.69) is 53.4 Å². The first-order valence-electron chi connectivity index (χ1n) is 10.8. The van der Waals surface area contributed by atoms with Crippen molar-refractivity contribution in [2.24, 2.45) is 0 Å². The maximum atomic E-state index is 13.5. The largest absolute Gasteiger partial charge is 0.290 e. The van der Waals surface area contributed by atoms with E-state index in [9.17, 15) is 8.42 Å². The average molecular weight is 435 g/mol. The molecule has 0 aromatic heterocycles. The Morgan fingerprint density at radius 1 is 0.710 bits per heavy atom. The lowest BCUT2D eigenvalue weighted by Crippen LogP contribution is -2.50. The van der Waals surface area contributed by atoms with Crippen molar-refractivity contribution in [3.05, 3.63) is 101 Å². The third-order valence-electron chi connectivity index (χ3n) is 6.07. The van der Waals surface area contributed by atoms with Crippen molar-refractivity contribution < 1.29 is 8.42 Å². The lowest BCUT2D eigenvalue weighted by molar-refractivity contribution is 0.155. The van der Waals surface area contributed by atoms with Crippen LogP contribution in [0, 0.1) is 20.8 Å². The highest BCUT2D eigenvalue weighted by molar-refractivity contribution is 7.89. The number of aryl methyl sites for hydroxylation is 3. The second kappa shape index (κ2) is 8.95. The fourth-order valence-electron chi connectivity index (χ4n) is 4.79. The number of piperazine rings is 1. The highest BCUT2D eigenvalue weighted by atomic mass is 32.2. The Balaban J connectivity index is 1.58. The Bertz CT molecular complexity index is 1070. The van der Waals surface area contributed by atoms with Crippen molar-refractivity contribution in [3.8, 4) is 0 Å². The fraction of sp³-hybridized carbons (Fsp3) is 0.308. The third kappa shape index (κ3) is 4.45. The summed E-state index contributed by atoms with van der Waals surface area (Å²) in [7, 11) is -3.51. The zero-order valence-electron chi connectivity index (χ0n) is 18.5. The van der Waals surface area contributed by atoms with Crippen molar-refractivity contribution in [3.63, 3.8) is 0 Å². The molecule has 4 nitrogen and oxygen atoms in total. The monoisotopic (exact) mass is 434 g/mol. The zero-order chi connectivity index (χ0) is 22.0. The molecular formula is C26H30N2O2S. The number of hydrogen-bond donors (Lipinski definition) is 0. The van der Waals surface area contributed by atoms with Crippen LogP contribution < -0.4 is 0 Å². The second-order valence-corrected chi connectivity index (χ2v) is 10.3. The molecule has 31 heavy (non-hydrogen) atoms. The summed E-state index contributed by atoms with van der Waals surface area (Å²) < 4.78 is 28.6. The molecule has 3 aromatic carbocycles. The van der Waals surface area contributed by atoms with E-state index >= 15 is 0 Å². The van der Waals surface area contributed by atoms with Gasteiger partial charge in [-0.15, -0.1) is 0 Å². The van der Waals surface area contributed by atoms with E-state index < -0.39 is 10.0 Å². The van der Waals surface area contributed by atoms with Gasteiger partial charge in [0, 0.05) is 26.2 Å². The van der Waals surface area contributed by atoms with Crippen molar-refractivity contribution in [1.29, 1.82) is 0 Å². The van der Waals surface area contributed by atoms with Crippen LogP contribution in [0.3, 0.4) is 0 Å². The molecule has 162 valence electrons. The predicted octanol–water partition coefficient (Wildman–Crippen LogP) is 4.71. The maximum absolute atomic E-state index is 13.5. The molecule has 0 aliphatic carbocycles. The number of sulfonamides is 1. The molecule has 0 amide bonds. The summed E-state index contributed by atoms with van der Waals surface area (Å²) in [6, 6.07) is 25.0. The maximum Gasteiger partial charge on any atom is 0.243 e. The molecule has 1 aliphatic heterocycles. The summed E-state index contributed by atoms with van der Waals surface area (Å²) in [4.78, 5) is 2.86. The van der Waals surface area contributed by atoms with Gasteiger partial charge in [0.1, 0.15) is 0 Å². The van der Waals surface area contributed by atoms with Crippen LogP contribution in [-0.2, 0) is 10.0 Å². The van der Waals surface area contributed by atoms with Crippen LogP contribution in [0.4, 0.5) is 0 Å². The van der Waals surface area contributed by atoms with Gasteiger partial charge in [-0.05, 0) is 43.0 Å². The zero-order valence-corrected chi connectivity index (χ0v) is 19.3. The van der Waals surface area contributed by atoms with Gasteiger partial charge in [0.15, 0.2) is 0 Å². The molecule has 1 heterocycles. The SMILES string of the molecule is Cc1cc(C)c(S(=O)(=O)N2CCN(C(c3ccccc3)c3ccccc3)CC2)c(C)c1. The first-order chi connectivity index (χ1) is 14.9. The van der Waals surface area contributed by atoms with Crippen LogP contribution in [0.5, 0.6) is 0 Å². The molecule has 5 heteroatoms. The van der Waals surface area contributed by atoms with E-state index in [1.165, 1.54) is 11.1 Å². The van der Waals surface area contributed by atoms with E-state index in [1.54, 1.807) is 4.31 Å². The van der Waals surface area contributed by atoms with Gasteiger partial charge in [-0.3, -0.25) is 4.90 Å². The number of benzene rings is 3. The standard InChI is InChI=1S/C26H30N2O2S/c1-20-18-21(2)26(22(3)19-20)31(29,30)28-16-14-27(15-17-28)25(23-10-6-4-7-11-23)24-12-8-5-9-13-24/h4-13,18-19,25H,14-17H2,1-3H3. The van der Waals surface area contributed by atoms with Crippen molar-refractivity contribution in [2.45, 2.75) is 31.7 Å². The Morgan fingerprint density at radius 3 is 1.61 bits per heavy atom. The lowest BCUT2D eigenvalue weighted by Gasteiger charge is -2.39. The van der Waals surface area contributed by atoms with Gasteiger partial charge >= 0.3 is 0 Å². The van der Waals surface area contributed by atoms with E-state index in [1.807, 2.05) is 45.0 Å². The van der Waals surface area contributed by atoms with E-state index in [4.69, 9.17) is 0 Å². The average Bonchev–Trinajstić information content (AvgIpc) is 2.75. The van der Waals surface area contributed by atoms with Crippen LogP contribution >= 0.6 is 0 Å². The quantitative estimate of drug-likeness (QED) is 0.584. The Morgan fingerprint density at radius 2 is 1.16 bits per heavy atom. The summed E-state index contributed by atoms with van der Waals surface area (Å²) in [5, 5.41) is 0. The Hall–Kier alpha value is -2.47. The highest BCUT2D eigenvalue weighted by Crippen LogP contribution is 2.31. The minimum atomic E-state index is -3.51. The van der Waals surface area contributed by atoms with Crippen molar-refractivity contribution in [2.75, 3.05) is 26.2 Å². The van der Waals surface area contributed by atoms with Crippen LogP contribution in [0.2, 0.25) is 0 Å². The molecule has 4 rings (SSSR count). The van der Waals surface area contributed by atoms with Crippen LogP contribution in [0.25, 0.3) is 0 Å². The molecule has 0 radical (unpaired) electrons. The molecule has 3 aromatic rings. The van der Waals surface area contributed by atoms with Gasteiger partial charge in [0.05, 0.1) is 10.9 Å². The molecular weight excluding hydrogens is 404 g/mol. The van der Waals surface area contributed by atoms with E-state index in [-0.39, 0.29) is 6.04 Å². The molecule has 1 fully saturated rings. The van der Waals surface area contributed by atoms with E-state index in [0.717, 1.165) is 16.7 Å². The topological polar surface area (TPSA) is 40.6 Å². The van der Waals surface area contributed by atoms with Gasteiger partial charge in [-0.1, -0.05) is 78.4 Å². The van der Waals surface area contributed by atoms with Crippen molar-refractivity contribution in [1.82, 2.24) is 9.21 Å². The first-order valence-corrected chi connectivity index (χ1v) is 12.2. The molecule has 0 unspecified atom stereocenters. The molecule has 0 spiro atoms. The lowest BCUT2D eigenvalue weighted by atomic mass is 9.96. The minimum Gasteiger partial charge on any atom is -0.290 e. The summed E-state index contributed by atoms with van der Waals surface area (Å²) in [5.74, 6) is 0. The van der Waals surface area contributed by atoms with Crippen molar-refractivity contribution >= 4 is 10.0 Å². The van der Waals surface area contributed by atoms with Gasteiger partial charge in [-0.25, -0.2) is 8.42 Å². The first kappa shape index (κ1) is 21.8. The van der Waals surface area contributed by atoms with Gasteiger partial charge in [-0.2, -0.15) is 4.31 Å². The Kier molecular flexibility index (Phi) is 6.28. The summed E-state index contributed by atoms with van der Waals surface area (Å²) in [5.41, 5.74) is 5.20. The number of hydrogen-bond acceptors (Lipinski definition) is 3. The van der Waals surface area contributed by atoms with Gasteiger partial charge in [0.2, 0.25) is 10.0 Å². The predicted molar refractivity (Wildman–Crippen MR) is 126 cm³/mol. The van der Waals surface area contributed by atoms with E-state index in [0.29, 0.717) is 31.1 Å². The Labute approximate surface area is 186 Å². The fourth-order valence-corrected chi connectivity index (χ4v) is 6.62. The summed E-state index contributed by atoms with van der Waals surface area (Å²) in [6.45, 7) is 8.15. The van der Waals surface area contributed by atoms with Crippen LogP contribution in [0.15, 0.2) is 77.7 Å². The highest BCUT2D eigenvalue weighted by Gasteiger charge is 2.33. The molecule has 1 aliphatic rings. The summed E-state index contributed by atoms with van der Waals surface area (Å²) >= 11 is 0. The summed E-state index contributed by atoms with van der Waals surface area (Å²) in [6.07, 6.45) is 0.